The van der Waals surface area contributed by atoms with E-state index in [1.807, 2.05) is 25.1 Å². The van der Waals surface area contributed by atoms with E-state index in [1.165, 1.54) is 29.0 Å². The standard InChI is InChI=1S/C16H20N2OS/c1-10-4-3-5-13(8-10)19-9-14-18-15(12-6-7-12)16(20-14)11(2)17/h3-5,8,11-12H,6-7,9,17H2,1-2H3. The van der Waals surface area contributed by atoms with Gasteiger partial charge in [0.1, 0.15) is 17.4 Å². The highest BCUT2D eigenvalue weighted by molar-refractivity contribution is 7.11. The molecule has 0 spiro atoms. The highest BCUT2D eigenvalue weighted by Crippen LogP contribution is 2.44. The van der Waals surface area contributed by atoms with Gasteiger partial charge < -0.3 is 10.5 Å². The molecular weight excluding hydrogens is 268 g/mol. The second kappa shape index (κ2) is 5.54. The number of benzene rings is 1. The lowest BCUT2D eigenvalue weighted by molar-refractivity contribution is 0.305. The van der Waals surface area contributed by atoms with Crippen molar-refractivity contribution in [3.05, 3.63) is 45.4 Å². The summed E-state index contributed by atoms with van der Waals surface area (Å²) in [6.07, 6.45) is 2.50. The molecule has 3 rings (SSSR count). The molecule has 1 atom stereocenters. The molecule has 2 aromatic rings. The molecule has 0 aliphatic heterocycles. The fraction of sp³-hybridized carbons (Fsp3) is 0.438. The van der Waals surface area contributed by atoms with Gasteiger partial charge in [-0.2, -0.15) is 0 Å². The summed E-state index contributed by atoms with van der Waals surface area (Å²) in [5.74, 6) is 1.54. The topological polar surface area (TPSA) is 48.1 Å². The van der Waals surface area contributed by atoms with Crippen LogP contribution in [0.2, 0.25) is 0 Å². The summed E-state index contributed by atoms with van der Waals surface area (Å²) in [6, 6.07) is 8.16. The van der Waals surface area contributed by atoms with E-state index in [2.05, 4.69) is 13.0 Å². The zero-order valence-corrected chi connectivity index (χ0v) is 12.7. The second-order valence-electron chi connectivity index (χ2n) is 5.53. The highest BCUT2D eigenvalue weighted by atomic mass is 32.1. The molecule has 0 saturated heterocycles. The van der Waals surface area contributed by atoms with Gasteiger partial charge in [-0.25, -0.2) is 4.98 Å². The predicted molar refractivity (Wildman–Crippen MR) is 82.2 cm³/mol. The van der Waals surface area contributed by atoms with Crippen LogP contribution < -0.4 is 10.5 Å². The third-order valence-electron chi connectivity index (χ3n) is 3.45. The Morgan fingerprint density at radius 1 is 1.45 bits per heavy atom. The first-order valence-corrected chi connectivity index (χ1v) is 7.89. The van der Waals surface area contributed by atoms with Gasteiger partial charge in [0.2, 0.25) is 0 Å². The Balaban J connectivity index is 1.73. The average molecular weight is 288 g/mol. The van der Waals surface area contributed by atoms with Crippen molar-refractivity contribution in [2.75, 3.05) is 0 Å². The van der Waals surface area contributed by atoms with Crippen LogP contribution in [0, 0.1) is 6.92 Å². The Labute approximate surface area is 123 Å². The molecule has 3 nitrogen and oxygen atoms in total. The molecule has 1 aromatic carbocycles. The van der Waals surface area contributed by atoms with Gasteiger partial charge in [-0.3, -0.25) is 0 Å². The van der Waals surface area contributed by atoms with E-state index >= 15 is 0 Å². The number of aromatic nitrogens is 1. The van der Waals surface area contributed by atoms with Crippen LogP contribution in [0.4, 0.5) is 0 Å². The van der Waals surface area contributed by atoms with Crippen molar-refractivity contribution in [2.45, 2.75) is 45.3 Å². The summed E-state index contributed by atoms with van der Waals surface area (Å²) >= 11 is 1.70. The summed E-state index contributed by atoms with van der Waals surface area (Å²) in [7, 11) is 0. The van der Waals surface area contributed by atoms with Gasteiger partial charge in [0.25, 0.3) is 0 Å². The molecule has 0 bridgehead atoms. The molecule has 106 valence electrons. The monoisotopic (exact) mass is 288 g/mol. The minimum Gasteiger partial charge on any atom is -0.486 e. The number of nitrogens with zero attached hydrogens (tertiary/aromatic N) is 1. The number of thiazole rings is 1. The van der Waals surface area contributed by atoms with Crippen LogP contribution in [0.3, 0.4) is 0 Å². The molecular formula is C16H20N2OS. The molecule has 1 unspecified atom stereocenters. The molecule has 4 heteroatoms. The zero-order valence-electron chi connectivity index (χ0n) is 11.9. The van der Waals surface area contributed by atoms with Crippen molar-refractivity contribution in [2.24, 2.45) is 5.73 Å². The quantitative estimate of drug-likeness (QED) is 0.907. The Bertz CT molecular complexity index is 583. The fourth-order valence-corrected chi connectivity index (χ4v) is 3.30. The van der Waals surface area contributed by atoms with Crippen molar-refractivity contribution in [3.8, 4) is 5.75 Å². The third-order valence-corrected chi connectivity index (χ3v) is 4.70. The smallest absolute Gasteiger partial charge is 0.140 e. The number of aryl methyl sites for hydroxylation is 1. The lowest BCUT2D eigenvalue weighted by atomic mass is 10.2. The maximum atomic E-state index is 6.05. The van der Waals surface area contributed by atoms with Gasteiger partial charge in [0, 0.05) is 16.8 Å². The van der Waals surface area contributed by atoms with E-state index in [1.54, 1.807) is 11.3 Å². The molecule has 1 aliphatic carbocycles. The number of nitrogens with two attached hydrogens (primary N) is 1. The minimum absolute atomic E-state index is 0.0656. The molecule has 1 aliphatic rings. The second-order valence-corrected chi connectivity index (χ2v) is 6.64. The fourth-order valence-electron chi connectivity index (χ4n) is 2.28. The summed E-state index contributed by atoms with van der Waals surface area (Å²) in [5, 5.41) is 1.03. The van der Waals surface area contributed by atoms with Gasteiger partial charge in [-0.1, -0.05) is 12.1 Å². The van der Waals surface area contributed by atoms with Gasteiger partial charge in [-0.05, 0) is 44.4 Å². The molecule has 0 radical (unpaired) electrons. The zero-order chi connectivity index (χ0) is 14.1. The summed E-state index contributed by atoms with van der Waals surface area (Å²) in [6.45, 7) is 4.63. The molecule has 2 N–H and O–H groups in total. The van der Waals surface area contributed by atoms with Gasteiger partial charge >= 0.3 is 0 Å². The van der Waals surface area contributed by atoms with E-state index in [0.717, 1.165) is 10.8 Å². The molecule has 1 saturated carbocycles. The Morgan fingerprint density at radius 2 is 2.25 bits per heavy atom. The SMILES string of the molecule is Cc1cccc(OCc2nc(C3CC3)c(C(C)N)s2)c1. The van der Waals surface area contributed by atoms with Crippen LogP contribution in [-0.2, 0) is 6.61 Å². The van der Waals surface area contributed by atoms with Crippen LogP contribution in [0.5, 0.6) is 5.75 Å². The molecule has 1 heterocycles. The van der Waals surface area contributed by atoms with Crippen LogP contribution >= 0.6 is 11.3 Å². The number of ether oxygens (including phenoxy) is 1. The maximum absolute atomic E-state index is 6.05. The first-order chi connectivity index (χ1) is 9.63. The minimum atomic E-state index is 0.0656. The molecule has 20 heavy (non-hydrogen) atoms. The number of hydrogen-bond acceptors (Lipinski definition) is 4. The predicted octanol–water partition coefficient (Wildman–Crippen LogP) is 3.93. The van der Waals surface area contributed by atoms with E-state index in [9.17, 15) is 0 Å². The first kappa shape index (κ1) is 13.6. The third kappa shape index (κ3) is 3.02. The summed E-state index contributed by atoms with van der Waals surface area (Å²) in [5.41, 5.74) is 8.47. The number of rotatable bonds is 5. The van der Waals surface area contributed by atoms with Crippen LogP contribution in [0.15, 0.2) is 24.3 Å². The van der Waals surface area contributed by atoms with Crippen molar-refractivity contribution in [3.63, 3.8) is 0 Å². The number of hydrogen-bond donors (Lipinski definition) is 1. The van der Waals surface area contributed by atoms with Crippen molar-refractivity contribution in [1.82, 2.24) is 4.98 Å². The van der Waals surface area contributed by atoms with Crippen molar-refractivity contribution >= 4 is 11.3 Å². The lowest BCUT2D eigenvalue weighted by Gasteiger charge is -2.04. The van der Waals surface area contributed by atoms with Crippen LogP contribution in [0.25, 0.3) is 0 Å². The molecule has 1 fully saturated rings. The highest BCUT2D eigenvalue weighted by Gasteiger charge is 2.30. The maximum Gasteiger partial charge on any atom is 0.140 e. The molecule has 1 aromatic heterocycles. The summed E-state index contributed by atoms with van der Waals surface area (Å²) in [4.78, 5) is 5.98. The normalized spacial score (nSPS) is 16.1. The lowest BCUT2D eigenvalue weighted by Crippen LogP contribution is -2.05. The average Bonchev–Trinajstić information content (AvgIpc) is 3.16. The van der Waals surface area contributed by atoms with Gasteiger partial charge in [0.05, 0.1) is 5.69 Å². The van der Waals surface area contributed by atoms with Gasteiger partial charge in [0.15, 0.2) is 0 Å². The summed E-state index contributed by atoms with van der Waals surface area (Å²) < 4.78 is 5.83. The van der Waals surface area contributed by atoms with Crippen LogP contribution in [0.1, 0.15) is 52.9 Å². The Hall–Kier alpha value is -1.39. The van der Waals surface area contributed by atoms with Crippen molar-refractivity contribution in [1.29, 1.82) is 0 Å². The Morgan fingerprint density at radius 3 is 2.90 bits per heavy atom. The largest absolute Gasteiger partial charge is 0.486 e. The van der Waals surface area contributed by atoms with E-state index in [-0.39, 0.29) is 6.04 Å². The van der Waals surface area contributed by atoms with Crippen molar-refractivity contribution < 1.29 is 4.74 Å². The van der Waals surface area contributed by atoms with E-state index in [4.69, 9.17) is 15.5 Å². The van der Waals surface area contributed by atoms with E-state index in [0.29, 0.717) is 12.5 Å². The Kier molecular flexibility index (Phi) is 3.76. The first-order valence-electron chi connectivity index (χ1n) is 7.08. The molecule has 0 amide bonds. The van der Waals surface area contributed by atoms with E-state index < -0.39 is 0 Å². The van der Waals surface area contributed by atoms with Crippen LogP contribution in [-0.4, -0.2) is 4.98 Å². The van der Waals surface area contributed by atoms with Gasteiger partial charge in [-0.15, -0.1) is 11.3 Å².